The lowest BCUT2D eigenvalue weighted by Gasteiger charge is -2.20. The monoisotopic (exact) mass is 275 g/mol. The molecule has 0 aliphatic heterocycles. The molecule has 6 N–H and O–H groups in total. The van der Waals surface area contributed by atoms with Crippen LogP contribution in [0.5, 0.6) is 0 Å². The summed E-state index contributed by atoms with van der Waals surface area (Å²) in [5.74, 6) is -3.91. The Morgan fingerprint density at radius 3 is 1.95 bits per heavy atom. The summed E-state index contributed by atoms with van der Waals surface area (Å²) in [6.45, 7) is 3.28. The van der Waals surface area contributed by atoms with Crippen molar-refractivity contribution in [2.75, 3.05) is 0 Å². The Balaban J connectivity index is 4.60. The first kappa shape index (κ1) is 16.7. The number of carbonyl (C=O) groups excluding carboxylic acids is 2. The second-order valence-electron chi connectivity index (χ2n) is 4.23. The van der Waals surface area contributed by atoms with Gasteiger partial charge in [-0.1, -0.05) is 13.8 Å². The predicted octanol–water partition coefficient (Wildman–Crippen LogP) is -1.28. The van der Waals surface area contributed by atoms with Crippen molar-refractivity contribution in [3.05, 3.63) is 0 Å². The molecule has 0 aromatic carbocycles. The summed E-state index contributed by atoms with van der Waals surface area (Å²) >= 11 is 0. The zero-order valence-electron chi connectivity index (χ0n) is 10.5. The van der Waals surface area contributed by atoms with Crippen LogP contribution in [-0.4, -0.2) is 46.2 Å². The highest BCUT2D eigenvalue weighted by atomic mass is 16.4. The lowest BCUT2D eigenvalue weighted by Crippen LogP contribution is -2.54. The average Bonchev–Trinajstić information content (AvgIpc) is 2.23. The fourth-order valence-electron chi connectivity index (χ4n) is 1.28. The molecule has 0 aromatic rings. The maximum absolute atomic E-state index is 11.5. The highest BCUT2D eigenvalue weighted by molar-refractivity contribution is 5.89. The van der Waals surface area contributed by atoms with Crippen LogP contribution in [-0.2, 0) is 14.4 Å². The number of carbonyl (C=O) groups is 4. The van der Waals surface area contributed by atoms with E-state index in [0.717, 1.165) is 0 Å². The molecule has 0 aliphatic carbocycles. The summed E-state index contributed by atoms with van der Waals surface area (Å²) in [4.78, 5) is 43.7. The third-order valence-electron chi connectivity index (χ3n) is 2.24. The van der Waals surface area contributed by atoms with Crippen LogP contribution in [0.4, 0.5) is 4.79 Å². The molecular weight excluding hydrogens is 258 g/mol. The minimum atomic E-state index is -1.59. The Labute approximate surface area is 109 Å². The van der Waals surface area contributed by atoms with Gasteiger partial charge in [-0.2, -0.15) is 0 Å². The number of urea groups is 1. The lowest BCUT2D eigenvalue weighted by atomic mass is 10.0. The number of primary amides is 1. The van der Waals surface area contributed by atoms with E-state index in [4.69, 9.17) is 15.9 Å². The van der Waals surface area contributed by atoms with E-state index >= 15 is 0 Å². The van der Waals surface area contributed by atoms with Crippen LogP contribution in [0.2, 0.25) is 0 Å². The standard InChI is InChI=1S/C10H17N3O6/c1-4(2)7(8(11)16)13-10(19)12-5(9(17)18)3-6(14)15/h4-5,7H,3H2,1-2H3,(H2,11,16)(H,14,15)(H,17,18)(H2,12,13,19)/t5-,7?/m1/s1. The lowest BCUT2D eigenvalue weighted by molar-refractivity contribution is -0.145. The topological polar surface area (TPSA) is 159 Å². The number of aliphatic carboxylic acids is 2. The third kappa shape index (κ3) is 6.24. The second-order valence-corrected chi connectivity index (χ2v) is 4.23. The van der Waals surface area contributed by atoms with Crippen LogP contribution in [0.3, 0.4) is 0 Å². The van der Waals surface area contributed by atoms with E-state index in [-0.39, 0.29) is 5.92 Å². The zero-order chi connectivity index (χ0) is 15.2. The van der Waals surface area contributed by atoms with Crippen molar-refractivity contribution in [2.24, 2.45) is 11.7 Å². The van der Waals surface area contributed by atoms with Crippen molar-refractivity contribution >= 4 is 23.9 Å². The molecule has 9 heteroatoms. The minimum Gasteiger partial charge on any atom is -0.481 e. The van der Waals surface area contributed by atoms with Gasteiger partial charge in [-0.05, 0) is 5.92 Å². The summed E-state index contributed by atoms with van der Waals surface area (Å²) in [5.41, 5.74) is 5.07. The Kier molecular flexibility index (Phi) is 6.31. The Hall–Kier alpha value is -2.32. The number of carboxylic acid groups (broad SMARTS) is 2. The minimum absolute atomic E-state index is 0.286. The van der Waals surface area contributed by atoms with Crippen molar-refractivity contribution in [2.45, 2.75) is 32.4 Å². The fraction of sp³-hybridized carbons (Fsp3) is 0.600. The van der Waals surface area contributed by atoms with Gasteiger partial charge < -0.3 is 26.6 Å². The molecule has 0 bridgehead atoms. The van der Waals surface area contributed by atoms with Gasteiger partial charge in [-0.3, -0.25) is 9.59 Å². The molecule has 0 fully saturated rings. The van der Waals surface area contributed by atoms with E-state index in [9.17, 15) is 19.2 Å². The first-order valence-corrected chi connectivity index (χ1v) is 5.46. The molecule has 108 valence electrons. The molecule has 0 aliphatic rings. The molecule has 0 heterocycles. The highest BCUT2D eigenvalue weighted by Gasteiger charge is 2.26. The van der Waals surface area contributed by atoms with Crippen molar-refractivity contribution in [1.29, 1.82) is 0 Å². The highest BCUT2D eigenvalue weighted by Crippen LogP contribution is 2.01. The quantitative estimate of drug-likeness (QED) is 0.389. The number of hydrogen-bond acceptors (Lipinski definition) is 4. The summed E-state index contributed by atoms with van der Waals surface area (Å²) in [6.07, 6.45) is -0.772. The van der Waals surface area contributed by atoms with Crippen molar-refractivity contribution < 1.29 is 29.4 Å². The molecule has 0 spiro atoms. The van der Waals surface area contributed by atoms with Crippen LogP contribution in [0.25, 0.3) is 0 Å². The van der Waals surface area contributed by atoms with Gasteiger partial charge in [0.05, 0.1) is 6.42 Å². The number of rotatable bonds is 7. The maximum atomic E-state index is 11.5. The molecule has 3 amide bonds. The summed E-state index contributed by atoms with van der Waals surface area (Å²) in [6, 6.07) is -3.52. The second kappa shape index (κ2) is 7.19. The molecule has 0 aromatic heterocycles. The average molecular weight is 275 g/mol. The van der Waals surface area contributed by atoms with Gasteiger partial charge in [-0.15, -0.1) is 0 Å². The van der Waals surface area contributed by atoms with Crippen LogP contribution < -0.4 is 16.4 Å². The summed E-state index contributed by atoms with van der Waals surface area (Å²) < 4.78 is 0. The molecule has 0 saturated carbocycles. The molecule has 1 unspecified atom stereocenters. The van der Waals surface area contributed by atoms with Crippen LogP contribution >= 0.6 is 0 Å². The van der Waals surface area contributed by atoms with E-state index in [1.807, 2.05) is 5.32 Å². The number of nitrogens with one attached hydrogen (secondary N) is 2. The first-order chi connectivity index (χ1) is 8.65. The van der Waals surface area contributed by atoms with E-state index in [2.05, 4.69) is 5.32 Å². The number of amides is 3. The van der Waals surface area contributed by atoms with E-state index in [1.54, 1.807) is 13.8 Å². The van der Waals surface area contributed by atoms with Gasteiger partial charge >= 0.3 is 18.0 Å². The SMILES string of the molecule is CC(C)C(NC(=O)N[C@H](CC(=O)O)C(=O)O)C(N)=O. The summed E-state index contributed by atoms with van der Waals surface area (Å²) in [7, 11) is 0. The third-order valence-corrected chi connectivity index (χ3v) is 2.24. The molecule has 0 radical (unpaired) electrons. The van der Waals surface area contributed by atoms with Crippen molar-refractivity contribution in [3.63, 3.8) is 0 Å². The number of hydrogen-bond donors (Lipinski definition) is 5. The number of carboxylic acids is 2. The van der Waals surface area contributed by atoms with Gasteiger partial charge in [0.1, 0.15) is 12.1 Å². The fourth-order valence-corrected chi connectivity index (χ4v) is 1.28. The van der Waals surface area contributed by atoms with Gasteiger partial charge in [0.2, 0.25) is 5.91 Å². The first-order valence-electron chi connectivity index (χ1n) is 5.46. The molecule has 19 heavy (non-hydrogen) atoms. The van der Waals surface area contributed by atoms with Crippen LogP contribution in [0, 0.1) is 5.92 Å². The Bertz CT molecular complexity index is 381. The summed E-state index contributed by atoms with van der Waals surface area (Å²) in [5, 5.41) is 21.4. The zero-order valence-corrected chi connectivity index (χ0v) is 10.5. The molecular formula is C10H17N3O6. The van der Waals surface area contributed by atoms with Gasteiger partial charge in [-0.25, -0.2) is 9.59 Å². The van der Waals surface area contributed by atoms with E-state index < -0.39 is 42.4 Å². The molecule has 9 nitrogen and oxygen atoms in total. The molecule has 2 atom stereocenters. The van der Waals surface area contributed by atoms with Crippen LogP contribution in [0.1, 0.15) is 20.3 Å². The number of nitrogens with two attached hydrogens (primary N) is 1. The van der Waals surface area contributed by atoms with Gasteiger partial charge in [0.25, 0.3) is 0 Å². The molecule has 0 saturated heterocycles. The van der Waals surface area contributed by atoms with Crippen molar-refractivity contribution in [1.82, 2.24) is 10.6 Å². The van der Waals surface area contributed by atoms with Gasteiger partial charge in [0.15, 0.2) is 0 Å². The Morgan fingerprint density at radius 1 is 1.11 bits per heavy atom. The Morgan fingerprint density at radius 2 is 1.63 bits per heavy atom. The predicted molar refractivity (Wildman–Crippen MR) is 63.2 cm³/mol. The van der Waals surface area contributed by atoms with Crippen molar-refractivity contribution in [3.8, 4) is 0 Å². The van der Waals surface area contributed by atoms with E-state index in [1.165, 1.54) is 0 Å². The van der Waals surface area contributed by atoms with Crippen LogP contribution in [0.15, 0.2) is 0 Å². The largest absolute Gasteiger partial charge is 0.481 e. The normalized spacial score (nSPS) is 13.4. The van der Waals surface area contributed by atoms with E-state index in [0.29, 0.717) is 0 Å². The van der Waals surface area contributed by atoms with Gasteiger partial charge in [0, 0.05) is 0 Å². The smallest absolute Gasteiger partial charge is 0.326 e. The molecule has 0 rings (SSSR count). The maximum Gasteiger partial charge on any atom is 0.326 e.